The molecule has 0 fully saturated rings. The van der Waals surface area contributed by atoms with Crippen LogP contribution in [0.2, 0.25) is 0 Å². The zero-order valence-corrected chi connectivity index (χ0v) is 44.2. The summed E-state index contributed by atoms with van der Waals surface area (Å²) in [5.74, 6) is 0.909. The van der Waals surface area contributed by atoms with Crippen LogP contribution in [0.4, 0.5) is 4.79 Å². The summed E-state index contributed by atoms with van der Waals surface area (Å²) in [5.41, 5.74) is 14.8. The van der Waals surface area contributed by atoms with Crippen LogP contribution in [0.25, 0.3) is 11.1 Å². The number of rotatable bonds is 20. The molecule has 5 nitrogen and oxygen atoms in total. The molecule has 0 unspecified atom stereocenters. The second-order valence-corrected chi connectivity index (χ2v) is 21.9. The highest BCUT2D eigenvalue weighted by molar-refractivity contribution is 8.00. The third kappa shape index (κ3) is 11.1. The quantitative estimate of drug-likeness (QED) is 0.0771. The summed E-state index contributed by atoms with van der Waals surface area (Å²) in [4.78, 5) is 32.1. The van der Waals surface area contributed by atoms with E-state index in [0.29, 0.717) is 31.0 Å². The van der Waals surface area contributed by atoms with E-state index >= 15 is 4.79 Å². The van der Waals surface area contributed by atoms with Gasteiger partial charge in [0.05, 0.1) is 9.49 Å². The van der Waals surface area contributed by atoms with Gasteiger partial charge < -0.3 is 15.0 Å². The molecule has 9 aromatic rings. The standard InChI is InChI=1S/C68H62N2O3S2/c1-50-36-40-57(41-37-50)67(53-24-10-4-11-25-53,54-26-12-5-13-27-54)74-46-44-70(45-47-75-68(55-28-14-6-15-29-55,56-30-16-7-17-31-56)58-42-38-51(2)39-43-58)65(71)64(48-52-22-8-3-9-23-52)69-66(72)73-49-63-61-34-20-18-32-59(61)60-33-19-21-35-62(60)63/h3-43,63-64H,44-49H2,1-2H3,(H,69,72)/t64-/m0/s1. The number of nitrogens with zero attached hydrogens (tertiary/aromatic N) is 1. The van der Waals surface area contributed by atoms with E-state index in [4.69, 9.17) is 4.74 Å². The highest BCUT2D eigenvalue weighted by atomic mass is 32.2. The monoisotopic (exact) mass is 1020 g/mol. The molecule has 1 atom stereocenters. The Morgan fingerprint density at radius 3 is 1.21 bits per heavy atom. The maximum atomic E-state index is 15.8. The van der Waals surface area contributed by atoms with Gasteiger partial charge in [-0.05, 0) is 75.0 Å². The Bertz CT molecular complexity index is 3020. The van der Waals surface area contributed by atoms with Gasteiger partial charge in [-0.3, -0.25) is 4.79 Å². The number of alkyl carbamates (subject to hydrolysis) is 1. The van der Waals surface area contributed by atoms with Crippen LogP contribution in [0.5, 0.6) is 0 Å². The summed E-state index contributed by atoms with van der Waals surface area (Å²) in [6.07, 6.45) is -0.323. The van der Waals surface area contributed by atoms with E-state index in [1.807, 2.05) is 83.0 Å². The number of amides is 2. The maximum Gasteiger partial charge on any atom is 0.407 e. The van der Waals surface area contributed by atoms with Crippen LogP contribution in [0, 0.1) is 13.8 Å². The van der Waals surface area contributed by atoms with Crippen molar-refractivity contribution in [2.24, 2.45) is 0 Å². The number of carbonyl (C=O) groups excluding carboxylic acids is 2. The molecule has 1 N–H and O–H groups in total. The molecule has 0 radical (unpaired) electrons. The van der Waals surface area contributed by atoms with Gasteiger partial charge in [0, 0.05) is 36.9 Å². The van der Waals surface area contributed by atoms with Crippen LogP contribution in [-0.2, 0) is 25.4 Å². The Hall–Kier alpha value is -7.58. The summed E-state index contributed by atoms with van der Waals surface area (Å²) in [6.45, 7) is 5.23. The number of carbonyl (C=O) groups is 2. The molecule has 9 aromatic carbocycles. The first-order chi connectivity index (χ1) is 36.8. The molecule has 7 heteroatoms. The Balaban J connectivity index is 0.999. The SMILES string of the molecule is Cc1ccc(C(SCCN(CCSC(c2ccccc2)(c2ccccc2)c2ccc(C)cc2)C(=O)[C@H](Cc2ccccc2)NC(=O)OCC2c3ccccc3-c3ccccc32)(c2ccccc2)c2ccccc2)cc1. The summed E-state index contributed by atoms with van der Waals surface area (Å²) in [6, 6.07) is 86.3. The van der Waals surface area contributed by atoms with E-state index in [1.54, 1.807) is 0 Å². The fraction of sp³-hybridized carbons (Fsp3) is 0.176. The average Bonchev–Trinajstić information content (AvgIpc) is 3.79. The number of benzene rings is 9. The molecule has 10 rings (SSSR count). The summed E-state index contributed by atoms with van der Waals surface area (Å²) in [7, 11) is 0. The zero-order chi connectivity index (χ0) is 51.5. The lowest BCUT2D eigenvalue weighted by molar-refractivity contribution is -0.132. The van der Waals surface area contributed by atoms with E-state index in [0.717, 1.165) is 61.2 Å². The Morgan fingerprint density at radius 1 is 0.467 bits per heavy atom. The molecule has 1 aliphatic rings. The van der Waals surface area contributed by atoms with Crippen LogP contribution in [-0.4, -0.2) is 54.1 Å². The van der Waals surface area contributed by atoms with Crippen LogP contribution in [0.3, 0.4) is 0 Å². The van der Waals surface area contributed by atoms with Gasteiger partial charge >= 0.3 is 6.09 Å². The maximum absolute atomic E-state index is 15.8. The fourth-order valence-electron chi connectivity index (χ4n) is 10.8. The first kappa shape index (κ1) is 50.9. The van der Waals surface area contributed by atoms with Crippen molar-refractivity contribution < 1.29 is 14.3 Å². The Labute approximate surface area is 451 Å². The lowest BCUT2D eigenvalue weighted by atomic mass is 9.84. The second-order valence-electron chi connectivity index (χ2n) is 19.3. The van der Waals surface area contributed by atoms with Gasteiger partial charge in [0.1, 0.15) is 12.6 Å². The number of hydrogen-bond donors (Lipinski definition) is 1. The van der Waals surface area contributed by atoms with Crippen LogP contribution >= 0.6 is 23.5 Å². The van der Waals surface area contributed by atoms with Crippen molar-refractivity contribution in [2.75, 3.05) is 31.2 Å². The molecule has 0 aromatic heterocycles. The number of hydrogen-bond acceptors (Lipinski definition) is 5. The zero-order valence-electron chi connectivity index (χ0n) is 42.6. The molecule has 0 bridgehead atoms. The Morgan fingerprint density at radius 2 is 0.813 bits per heavy atom. The largest absolute Gasteiger partial charge is 0.449 e. The molecular formula is C68H62N2O3S2. The predicted octanol–water partition coefficient (Wildman–Crippen LogP) is 15.0. The number of nitrogens with one attached hydrogen (secondary N) is 1. The second kappa shape index (κ2) is 23.7. The molecule has 374 valence electrons. The third-order valence-electron chi connectivity index (χ3n) is 14.5. The van der Waals surface area contributed by atoms with Crippen LogP contribution in [0.1, 0.15) is 67.1 Å². The van der Waals surface area contributed by atoms with Crippen molar-refractivity contribution in [3.63, 3.8) is 0 Å². The van der Waals surface area contributed by atoms with E-state index < -0.39 is 21.6 Å². The van der Waals surface area contributed by atoms with E-state index in [1.165, 1.54) is 11.1 Å². The van der Waals surface area contributed by atoms with Crippen molar-refractivity contribution in [2.45, 2.75) is 41.7 Å². The van der Waals surface area contributed by atoms with E-state index in [9.17, 15) is 4.79 Å². The van der Waals surface area contributed by atoms with Crippen molar-refractivity contribution in [3.05, 3.63) is 310 Å². The summed E-state index contributed by atoms with van der Waals surface area (Å²) >= 11 is 3.68. The lowest BCUT2D eigenvalue weighted by Gasteiger charge is -2.38. The minimum absolute atomic E-state index is 0.122. The highest BCUT2D eigenvalue weighted by Crippen LogP contribution is 2.50. The number of thioether (sulfide) groups is 2. The minimum atomic E-state index is -0.909. The predicted molar refractivity (Wildman–Crippen MR) is 312 cm³/mol. The lowest BCUT2D eigenvalue weighted by Crippen LogP contribution is -2.51. The van der Waals surface area contributed by atoms with Crippen LogP contribution < -0.4 is 5.32 Å². The van der Waals surface area contributed by atoms with Crippen molar-refractivity contribution in [1.29, 1.82) is 0 Å². The third-order valence-corrected chi connectivity index (χ3v) is 17.6. The normalized spacial score (nSPS) is 12.6. The van der Waals surface area contributed by atoms with E-state index in [2.05, 4.69) is 213 Å². The van der Waals surface area contributed by atoms with Gasteiger partial charge in [-0.1, -0.05) is 260 Å². The van der Waals surface area contributed by atoms with Gasteiger partial charge in [0.15, 0.2) is 0 Å². The smallest absolute Gasteiger partial charge is 0.407 e. The van der Waals surface area contributed by atoms with E-state index in [-0.39, 0.29) is 18.4 Å². The fourth-order valence-corrected chi connectivity index (χ4v) is 13.8. The highest BCUT2D eigenvalue weighted by Gasteiger charge is 2.40. The van der Waals surface area contributed by atoms with Crippen LogP contribution in [0.15, 0.2) is 249 Å². The van der Waals surface area contributed by atoms with Gasteiger partial charge in [-0.2, -0.15) is 0 Å². The molecule has 2 amide bonds. The molecule has 0 spiro atoms. The number of ether oxygens (including phenoxy) is 1. The van der Waals surface area contributed by atoms with Gasteiger partial charge in [0.2, 0.25) is 5.91 Å². The Kier molecular flexibility index (Phi) is 16.1. The molecule has 1 aliphatic carbocycles. The van der Waals surface area contributed by atoms with Crippen molar-refractivity contribution in [3.8, 4) is 11.1 Å². The first-order valence-corrected chi connectivity index (χ1v) is 27.9. The number of aryl methyl sites for hydroxylation is 2. The van der Waals surface area contributed by atoms with Gasteiger partial charge in [-0.15, -0.1) is 23.5 Å². The molecule has 0 saturated carbocycles. The molecule has 0 saturated heterocycles. The first-order valence-electron chi connectivity index (χ1n) is 25.9. The summed E-state index contributed by atoms with van der Waals surface area (Å²) in [5, 5.41) is 3.13. The molecule has 0 heterocycles. The number of fused-ring (bicyclic) bond motifs is 3. The summed E-state index contributed by atoms with van der Waals surface area (Å²) < 4.78 is 4.98. The van der Waals surface area contributed by atoms with Gasteiger partial charge in [-0.25, -0.2) is 4.79 Å². The molecule has 0 aliphatic heterocycles. The van der Waals surface area contributed by atoms with Gasteiger partial charge in [0.25, 0.3) is 0 Å². The van der Waals surface area contributed by atoms with Crippen molar-refractivity contribution >= 4 is 35.5 Å². The minimum Gasteiger partial charge on any atom is -0.449 e. The molecular weight excluding hydrogens is 957 g/mol. The van der Waals surface area contributed by atoms with Crippen molar-refractivity contribution in [1.82, 2.24) is 10.2 Å². The molecule has 75 heavy (non-hydrogen) atoms. The average molecular weight is 1020 g/mol. The topological polar surface area (TPSA) is 58.6 Å².